The van der Waals surface area contributed by atoms with Gasteiger partial charge in [0.1, 0.15) is 5.82 Å². The standard InChI is InChI=1S/C17H20FNO/c1-4-19(15-7-5-6-12(2)10-15)17-9-8-14(13(3)20)11-16(17)18/h5-11,13,20H,4H2,1-3H3. The van der Waals surface area contributed by atoms with Crippen LogP contribution in [0.2, 0.25) is 0 Å². The molecule has 0 saturated carbocycles. The van der Waals surface area contributed by atoms with Crippen molar-refractivity contribution in [2.24, 2.45) is 0 Å². The van der Waals surface area contributed by atoms with Gasteiger partial charge in [0.25, 0.3) is 0 Å². The average molecular weight is 273 g/mol. The fraction of sp³-hybridized carbons (Fsp3) is 0.294. The summed E-state index contributed by atoms with van der Waals surface area (Å²) in [6.45, 7) is 6.32. The molecule has 2 rings (SSSR count). The van der Waals surface area contributed by atoms with Crippen LogP contribution >= 0.6 is 0 Å². The van der Waals surface area contributed by atoms with E-state index in [0.29, 0.717) is 17.8 Å². The number of rotatable bonds is 4. The Kier molecular flexibility index (Phi) is 4.40. The van der Waals surface area contributed by atoms with Gasteiger partial charge in [0.2, 0.25) is 0 Å². The number of nitrogens with zero attached hydrogens (tertiary/aromatic N) is 1. The average Bonchev–Trinajstić information content (AvgIpc) is 2.41. The van der Waals surface area contributed by atoms with E-state index in [2.05, 4.69) is 0 Å². The van der Waals surface area contributed by atoms with Gasteiger partial charge in [-0.05, 0) is 56.2 Å². The molecule has 0 saturated heterocycles. The van der Waals surface area contributed by atoms with E-state index >= 15 is 0 Å². The second kappa shape index (κ2) is 6.06. The van der Waals surface area contributed by atoms with E-state index in [1.165, 1.54) is 6.07 Å². The highest BCUT2D eigenvalue weighted by atomic mass is 19.1. The Balaban J connectivity index is 2.42. The Morgan fingerprint density at radius 2 is 1.95 bits per heavy atom. The topological polar surface area (TPSA) is 23.5 Å². The number of hydrogen-bond donors (Lipinski definition) is 1. The molecule has 0 heterocycles. The van der Waals surface area contributed by atoms with Gasteiger partial charge in [-0.2, -0.15) is 0 Å². The van der Waals surface area contributed by atoms with Crippen LogP contribution in [0, 0.1) is 12.7 Å². The Bertz CT molecular complexity index is 595. The van der Waals surface area contributed by atoms with Gasteiger partial charge in [0.05, 0.1) is 11.8 Å². The third kappa shape index (κ3) is 2.99. The lowest BCUT2D eigenvalue weighted by molar-refractivity contribution is 0.199. The molecule has 0 aliphatic heterocycles. The summed E-state index contributed by atoms with van der Waals surface area (Å²) >= 11 is 0. The summed E-state index contributed by atoms with van der Waals surface area (Å²) in [7, 11) is 0. The molecule has 1 unspecified atom stereocenters. The summed E-state index contributed by atoms with van der Waals surface area (Å²) in [5, 5.41) is 9.51. The maximum absolute atomic E-state index is 14.3. The van der Waals surface area contributed by atoms with Crippen molar-refractivity contribution in [3.05, 3.63) is 59.4 Å². The Hall–Kier alpha value is -1.87. The van der Waals surface area contributed by atoms with Crippen molar-refractivity contribution >= 4 is 11.4 Å². The van der Waals surface area contributed by atoms with E-state index in [1.54, 1.807) is 19.1 Å². The number of benzene rings is 2. The zero-order chi connectivity index (χ0) is 14.7. The zero-order valence-corrected chi connectivity index (χ0v) is 12.1. The minimum Gasteiger partial charge on any atom is -0.389 e. The zero-order valence-electron chi connectivity index (χ0n) is 12.1. The van der Waals surface area contributed by atoms with Gasteiger partial charge in [-0.3, -0.25) is 0 Å². The van der Waals surface area contributed by atoms with Crippen molar-refractivity contribution in [1.82, 2.24) is 0 Å². The molecule has 20 heavy (non-hydrogen) atoms. The molecule has 0 spiro atoms. The van der Waals surface area contributed by atoms with E-state index in [0.717, 1.165) is 11.3 Å². The Morgan fingerprint density at radius 3 is 2.50 bits per heavy atom. The maximum atomic E-state index is 14.3. The largest absolute Gasteiger partial charge is 0.389 e. The third-order valence-electron chi connectivity index (χ3n) is 3.37. The van der Waals surface area contributed by atoms with Crippen LogP contribution < -0.4 is 4.90 Å². The van der Waals surface area contributed by atoms with Crippen LogP contribution in [-0.2, 0) is 0 Å². The second-order valence-electron chi connectivity index (χ2n) is 4.97. The van der Waals surface area contributed by atoms with Crippen LogP contribution in [0.1, 0.15) is 31.1 Å². The van der Waals surface area contributed by atoms with Gasteiger partial charge in [0.15, 0.2) is 0 Å². The summed E-state index contributed by atoms with van der Waals surface area (Å²) in [6.07, 6.45) is -0.660. The highest BCUT2D eigenvalue weighted by Crippen LogP contribution is 2.29. The predicted molar refractivity (Wildman–Crippen MR) is 80.9 cm³/mol. The van der Waals surface area contributed by atoms with Crippen LogP contribution in [0.4, 0.5) is 15.8 Å². The van der Waals surface area contributed by atoms with E-state index < -0.39 is 6.10 Å². The summed E-state index contributed by atoms with van der Waals surface area (Å²) in [4.78, 5) is 1.92. The lowest BCUT2D eigenvalue weighted by Crippen LogP contribution is -2.17. The first-order valence-electron chi connectivity index (χ1n) is 6.84. The molecule has 2 aromatic rings. The van der Waals surface area contributed by atoms with E-state index in [4.69, 9.17) is 0 Å². The van der Waals surface area contributed by atoms with Crippen molar-refractivity contribution in [2.45, 2.75) is 26.9 Å². The quantitative estimate of drug-likeness (QED) is 0.895. The second-order valence-corrected chi connectivity index (χ2v) is 4.97. The number of anilines is 2. The molecule has 2 nitrogen and oxygen atoms in total. The van der Waals surface area contributed by atoms with Gasteiger partial charge in [0, 0.05) is 12.2 Å². The molecular formula is C17H20FNO. The van der Waals surface area contributed by atoms with Crippen LogP contribution in [0.25, 0.3) is 0 Å². The van der Waals surface area contributed by atoms with Gasteiger partial charge in [-0.25, -0.2) is 4.39 Å². The highest BCUT2D eigenvalue weighted by Gasteiger charge is 2.14. The number of hydrogen-bond acceptors (Lipinski definition) is 2. The molecule has 3 heteroatoms. The summed E-state index contributed by atoms with van der Waals surface area (Å²) in [5.41, 5.74) is 3.23. The van der Waals surface area contributed by atoms with Crippen LogP contribution in [0.15, 0.2) is 42.5 Å². The SMILES string of the molecule is CCN(c1cccc(C)c1)c1ccc(C(C)O)cc1F. The van der Waals surface area contributed by atoms with E-state index in [9.17, 15) is 9.50 Å². The molecule has 1 N–H and O–H groups in total. The smallest absolute Gasteiger partial charge is 0.147 e. The van der Waals surface area contributed by atoms with Crippen LogP contribution in [0.5, 0.6) is 0 Å². The Labute approximate surface area is 119 Å². The predicted octanol–water partition coefficient (Wildman–Crippen LogP) is 4.35. The molecule has 0 aliphatic carbocycles. The molecule has 2 aromatic carbocycles. The van der Waals surface area contributed by atoms with E-state index in [-0.39, 0.29) is 5.82 Å². The summed E-state index contributed by atoms with van der Waals surface area (Å²) in [5.74, 6) is -0.313. The van der Waals surface area contributed by atoms with Crippen molar-refractivity contribution in [3.8, 4) is 0 Å². The molecule has 0 aliphatic rings. The fourth-order valence-corrected chi connectivity index (χ4v) is 2.29. The fourth-order valence-electron chi connectivity index (χ4n) is 2.29. The van der Waals surface area contributed by atoms with Gasteiger partial charge in [-0.15, -0.1) is 0 Å². The van der Waals surface area contributed by atoms with Crippen molar-refractivity contribution in [2.75, 3.05) is 11.4 Å². The first-order chi connectivity index (χ1) is 9.52. The molecule has 0 fully saturated rings. The van der Waals surface area contributed by atoms with Crippen molar-refractivity contribution in [1.29, 1.82) is 0 Å². The van der Waals surface area contributed by atoms with Crippen LogP contribution in [-0.4, -0.2) is 11.7 Å². The number of aliphatic hydroxyl groups excluding tert-OH is 1. The van der Waals surface area contributed by atoms with E-state index in [1.807, 2.05) is 43.0 Å². The van der Waals surface area contributed by atoms with Crippen molar-refractivity contribution in [3.63, 3.8) is 0 Å². The number of halogens is 1. The first-order valence-corrected chi connectivity index (χ1v) is 6.84. The molecular weight excluding hydrogens is 253 g/mol. The minimum absolute atomic E-state index is 0.313. The highest BCUT2D eigenvalue weighted by molar-refractivity contribution is 5.64. The molecule has 0 bridgehead atoms. The molecule has 0 aromatic heterocycles. The van der Waals surface area contributed by atoms with Gasteiger partial charge < -0.3 is 10.0 Å². The number of aliphatic hydroxyl groups is 1. The summed E-state index contributed by atoms with van der Waals surface area (Å²) < 4.78 is 14.3. The van der Waals surface area contributed by atoms with Gasteiger partial charge >= 0.3 is 0 Å². The third-order valence-corrected chi connectivity index (χ3v) is 3.37. The monoisotopic (exact) mass is 273 g/mol. The minimum atomic E-state index is -0.660. The number of aryl methyl sites for hydroxylation is 1. The lowest BCUT2D eigenvalue weighted by atomic mass is 10.1. The molecule has 1 atom stereocenters. The normalized spacial score (nSPS) is 12.2. The van der Waals surface area contributed by atoms with Crippen LogP contribution in [0.3, 0.4) is 0 Å². The molecule has 106 valence electrons. The maximum Gasteiger partial charge on any atom is 0.147 e. The molecule has 0 radical (unpaired) electrons. The van der Waals surface area contributed by atoms with Gasteiger partial charge in [-0.1, -0.05) is 18.2 Å². The lowest BCUT2D eigenvalue weighted by Gasteiger charge is -2.24. The Morgan fingerprint density at radius 1 is 1.20 bits per heavy atom. The molecule has 0 amide bonds. The first kappa shape index (κ1) is 14.5. The van der Waals surface area contributed by atoms with Crippen molar-refractivity contribution < 1.29 is 9.50 Å². The summed E-state index contributed by atoms with van der Waals surface area (Å²) in [6, 6.07) is 12.9.